The zero-order chi connectivity index (χ0) is 23.8. The van der Waals surface area contributed by atoms with Crippen LogP contribution in [-0.4, -0.2) is 32.7 Å². The van der Waals surface area contributed by atoms with Crippen LogP contribution in [0.4, 0.5) is 5.13 Å². The van der Waals surface area contributed by atoms with Crippen molar-refractivity contribution in [2.45, 2.75) is 4.90 Å². The maximum absolute atomic E-state index is 12.7. The summed E-state index contributed by atoms with van der Waals surface area (Å²) in [4.78, 5) is 29.7. The molecule has 0 spiro atoms. The molecule has 0 bridgehead atoms. The van der Waals surface area contributed by atoms with E-state index < -0.39 is 21.2 Å². The van der Waals surface area contributed by atoms with Gasteiger partial charge in [-0.3, -0.25) is 14.9 Å². The lowest BCUT2D eigenvalue weighted by Gasteiger charge is -2.03. The van der Waals surface area contributed by atoms with Crippen LogP contribution in [0.1, 0.15) is 5.56 Å². The molecule has 0 saturated carbocycles. The van der Waals surface area contributed by atoms with E-state index in [2.05, 4.69) is 10.3 Å². The number of nitriles is 1. The summed E-state index contributed by atoms with van der Waals surface area (Å²) in [6.45, 7) is 0. The second-order valence-electron chi connectivity index (χ2n) is 6.93. The van der Waals surface area contributed by atoms with Gasteiger partial charge in [-0.05, 0) is 36.4 Å². The van der Waals surface area contributed by atoms with Gasteiger partial charge in [-0.25, -0.2) is 13.4 Å². The molecule has 2 aromatic carbocycles. The summed E-state index contributed by atoms with van der Waals surface area (Å²) in [6, 6.07) is 10.9. The number of anilines is 1. The molecule has 4 aromatic rings. The molecule has 0 fully saturated rings. The number of aromatic nitrogens is 1. The number of amides is 1. The molecule has 9 nitrogen and oxygen atoms in total. The van der Waals surface area contributed by atoms with Crippen LogP contribution in [0.2, 0.25) is 0 Å². The molecule has 0 saturated heterocycles. The zero-order valence-corrected chi connectivity index (χ0v) is 18.9. The number of thiazole rings is 1. The van der Waals surface area contributed by atoms with Gasteiger partial charge in [0.1, 0.15) is 29.2 Å². The van der Waals surface area contributed by atoms with Gasteiger partial charge in [0.2, 0.25) is 0 Å². The maximum atomic E-state index is 12.7. The van der Waals surface area contributed by atoms with Crippen molar-refractivity contribution >= 4 is 59.5 Å². The zero-order valence-electron chi connectivity index (χ0n) is 17.3. The van der Waals surface area contributed by atoms with Crippen LogP contribution in [0, 0.1) is 11.3 Å². The molecule has 2 aromatic heterocycles. The van der Waals surface area contributed by atoms with Crippen LogP contribution in [0.3, 0.4) is 0 Å². The number of carbonyl (C=O) groups is 1. The topological polar surface area (TPSA) is 139 Å². The van der Waals surface area contributed by atoms with Gasteiger partial charge in [0, 0.05) is 12.3 Å². The van der Waals surface area contributed by atoms with Gasteiger partial charge in [-0.15, -0.1) is 0 Å². The molecular weight excluding hydrogens is 466 g/mol. The first kappa shape index (κ1) is 22.2. The van der Waals surface area contributed by atoms with Crippen LogP contribution >= 0.6 is 11.3 Å². The lowest BCUT2D eigenvalue weighted by molar-refractivity contribution is -0.112. The van der Waals surface area contributed by atoms with Gasteiger partial charge in [0.05, 0.1) is 33.2 Å². The van der Waals surface area contributed by atoms with E-state index in [-0.39, 0.29) is 26.5 Å². The number of hydrogen-bond acceptors (Lipinski definition) is 9. The number of fused-ring (bicyclic) bond motifs is 2. The van der Waals surface area contributed by atoms with E-state index in [0.717, 1.165) is 23.7 Å². The lowest BCUT2D eigenvalue weighted by atomic mass is 10.1. The highest BCUT2D eigenvalue weighted by atomic mass is 32.2. The van der Waals surface area contributed by atoms with Gasteiger partial charge < -0.3 is 9.15 Å². The first-order valence-electron chi connectivity index (χ1n) is 9.33. The Hall–Kier alpha value is -4.01. The molecule has 0 aliphatic heterocycles. The number of ether oxygens (including phenoxy) is 1. The Labute approximate surface area is 191 Å². The average molecular weight is 482 g/mol. The number of carbonyl (C=O) groups excluding carboxylic acids is 1. The molecule has 2 heterocycles. The van der Waals surface area contributed by atoms with E-state index in [1.165, 1.54) is 37.6 Å². The SMILES string of the molecule is COc1ccc2c(=O)c(/C=C(/C#N)C(=O)Nc3nc4ccc(S(C)(=O)=O)cc4s3)coc2c1. The van der Waals surface area contributed by atoms with E-state index in [0.29, 0.717) is 21.5 Å². The molecule has 166 valence electrons. The summed E-state index contributed by atoms with van der Waals surface area (Å²) in [5.74, 6) is -0.250. The van der Waals surface area contributed by atoms with Crippen molar-refractivity contribution in [3.05, 3.63) is 64.0 Å². The molecule has 0 unspecified atom stereocenters. The lowest BCUT2D eigenvalue weighted by Crippen LogP contribution is -2.14. The minimum Gasteiger partial charge on any atom is -0.497 e. The van der Waals surface area contributed by atoms with Gasteiger partial charge >= 0.3 is 0 Å². The Morgan fingerprint density at radius 3 is 2.76 bits per heavy atom. The normalized spacial score (nSPS) is 12.0. The Morgan fingerprint density at radius 2 is 2.06 bits per heavy atom. The summed E-state index contributed by atoms with van der Waals surface area (Å²) >= 11 is 1.06. The van der Waals surface area contributed by atoms with E-state index >= 15 is 0 Å². The Kier molecular flexibility index (Phi) is 5.71. The van der Waals surface area contributed by atoms with Crippen molar-refractivity contribution in [1.29, 1.82) is 5.26 Å². The predicted molar refractivity (Wildman–Crippen MR) is 124 cm³/mol. The van der Waals surface area contributed by atoms with Crippen LogP contribution in [0.5, 0.6) is 5.75 Å². The van der Waals surface area contributed by atoms with E-state index in [1.54, 1.807) is 18.2 Å². The molecule has 4 rings (SSSR count). The molecular formula is C22H15N3O6S2. The fourth-order valence-electron chi connectivity index (χ4n) is 3.01. The van der Waals surface area contributed by atoms with Crippen LogP contribution < -0.4 is 15.5 Å². The minimum absolute atomic E-state index is 0.0291. The Balaban J connectivity index is 1.64. The Bertz CT molecular complexity index is 1660. The summed E-state index contributed by atoms with van der Waals surface area (Å²) < 4.78 is 34.6. The molecule has 1 amide bonds. The van der Waals surface area contributed by atoms with Gasteiger partial charge in [0.25, 0.3) is 5.91 Å². The molecule has 0 aliphatic carbocycles. The molecule has 0 aliphatic rings. The van der Waals surface area contributed by atoms with Gasteiger partial charge in [0.15, 0.2) is 20.4 Å². The summed E-state index contributed by atoms with van der Waals surface area (Å²) in [7, 11) is -1.90. The Morgan fingerprint density at radius 1 is 1.27 bits per heavy atom. The van der Waals surface area contributed by atoms with Crippen molar-refractivity contribution < 1.29 is 22.4 Å². The van der Waals surface area contributed by atoms with Gasteiger partial charge in [-0.1, -0.05) is 11.3 Å². The van der Waals surface area contributed by atoms with Crippen molar-refractivity contribution in [3.63, 3.8) is 0 Å². The molecule has 0 radical (unpaired) electrons. The standard InChI is InChI=1S/C22H15N3O6S2/c1-30-14-3-5-16-18(8-14)31-11-13(20(16)26)7-12(10-23)21(27)25-22-24-17-6-4-15(33(2,28)29)9-19(17)32-22/h3-9,11H,1-2H3,(H,24,25,27)/b12-7-. The monoisotopic (exact) mass is 481 g/mol. The molecule has 11 heteroatoms. The van der Waals surface area contributed by atoms with Crippen LogP contribution in [0.25, 0.3) is 27.3 Å². The third-order valence-corrected chi connectivity index (χ3v) is 6.73. The third kappa shape index (κ3) is 4.48. The van der Waals surface area contributed by atoms with E-state index in [4.69, 9.17) is 9.15 Å². The summed E-state index contributed by atoms with van der Waals surface area (Å²) in [5.41, 5.74) is 0.0960. The quantitative estimate of drug-likeness (QED) is 0.338. The number of methoxy groups -OCH3 is 1. The second kappa shape index (κ2) is 8.50. The highest BCUT2D eigenvalue weighted by molar-refractivity contribution is 7.90. The first-order valence-corrected chi connectivity index (χ1v) is 12.0. The van der Waals surface area contributed by atoms with Crippen LogP contribution in [-0.2, 0) is 14.6 Å². The largest absolute Gasteiger partial charge is 0.497 e. The number of nitrogens with one attached hydrogen (secondary N) is 1. The van der Waals surface area contributed by atoms with Crippen LogP contribution in [0.15, 0.2) is 62.3 Å². The van der Waals surface area contributed by atoms with Crippen molar-refractivity contribution in [2.75, 3.05) is 18.7 Å². The molecule has 33 heavy (non-hydrogen) atoms. The molecule has 1 N–H and O–H groups in total. The number of sulfone groups is 1. The maximum Gasteiger partial charge on any atom is 0.268 e. The van der Waals surface area contributed by atoms with E-state index in [9.17, 15) is 23.3 Å². The predicted octanol–water partition coefficient (Wildman–Crippen LogP) is 3.36. The number of hydrogen-bond donors (Lipinski definition) is 1. The minimum atomic E-state index is -3.39. The number of nitrogens with zero attached hydrogens (tertiary/aromatic N) is 2. The van der Waals surface area contributed by atoms with Crippen molar-refractivity contribution in [3.8, 4) is 11.8 Å². The third-order valence-electron chi connectivity index (χ3n) is 4.68. The summed E-state index contributed by atoms with van der Waals surface area (Å²) in [6.07, 6.45) is 3.40. The highest BCUT2D eigenvalue weighted by Crippen LogP contribution is 2.28. The summed E-state index contributed by atoms with van der Waals surface area (Å²) in [5, 5.41) is 12.4. The van der Waals surface area contributed by atoms with Crippen molar-refractivity contribution in [2.24, 2.45) is 0 Å². The smallest absolute Gasteiger partial charge is 0.268 e. The van der Waals surface area contributed by atoms with Crippen molar-refractivity contribution in [1.82, 2.24) is 4.98 Å². The molecule has 0 atom stereocenters. The fourth-order valence-corrected chi connectivity index (χ4v) is 4.63. The highest BCUT2D eigenvalue weighted by Gasteiger charge is 2.16. The number of rotatable bonds is 5. The van der Waals surface area contributed by atoms with Gasteiger partial charge in [-0.2, -0.15) is 5.26 Å². The number of benzene rings is 2. The fraction of sp³-hybridized carbons (Fsp3) is 0.0909. The average Bonchev–Trinajstić information content (AvgIpc) is 3.19. The first-order chi connectivity index (χ1) is 15.7. The van der Waals surface area contributed by atoms with E-state index in [1.807, 2.05) is 0 Å². The second-order valence-corrected chi connectivity index (χ2v) is 9.97.